The molecule has 0 saturated heterocycles. The van der Waals surface area contributed by atoms with Crippen molar-refractivity contribution in [1.29, 1.82) is 0 Å². The van der Waals surface area contributed by atoms with Crippen LogP contribution < -0.4 is 0 Å². The number of aliphatic hydroxyl groups is 1. The highest BCUT2D eigenvalue weighted by Gasteiger charge is 2.55. The fourth-order valence-corrected chi connectivity index (χ4v) is 8.31. The monoisotopic (exact) mass is 440 g/mol. The van der Waals surface area contributed by atoms with Crippen molar-refractivity contribution in [3.63, 3.8) is 0 Å². The van der Waals surface area contributed by atoms with E-state index in [2.05, 4.69) is 26.8 Å². The quantitative estimate of drug-likeness (QED) is 0.430. The Balaban J connectivity index is 1.43. The van der Waals surface area contributed by atoms with Crippen molar-refractivity contribution < 1.29 is 18.3 Å². The molecule has 1 N–H and O–H groups in total. The van der Waals surface area contributed by atoms with Crippen LogP contribution in [0, 0.1) is 46.8 Å². The van der Waals surface area contributed by atoms with Crippen molar-refractivity contribution in [3.05, 3.63) is 11.6 Å². The Hall–Kier alpha value is -0.510. The minimum Gasteiger partial charge on any atom is -0.390 e. The van der Waals surface area contributed by atoms with Crippen LogP contribution in [0.2, 0.25) is 0 Å². The van der Waals surface area contributed by atoms with Crippen molar-refractivity contribution in [2.75, 3.05) is 0 Å². The molecule has 0 heterocycles. The van der Waals surface area contributed by atoms with Gasteiger partial charge in [0.05, 0.1) is 11.5 Å². The molecule has 4 aliphatic carbocycles. The second-order valence-corrected chi connectivity index (χ2v) is 12.1. The minimum atomic E-state index is -4.05. The zero-order valence-corrected chi connectivity index (χ0v) is 20.0. The predicted molar refractivity (Wildman–Crippen MR) is 119 cm³/mol. The molecule has 0 spiro atoms. The van der Waals surface area contributed by atoms with Gasteiger partial charge in [-0.25, -0.2) is 0 Å². The van der Waals surface area contributed by atoms with Crippen LogP contribution in [0.5, 0.6) is 0 Å². The summed E-state index contributed by atoms with van der Waals surface area (Å²) in [6, 6.07) is 0. The summed E-state index contributed by atoms with van der Waals surface area (Å²) >= 11 is 0. The van der Waals surface area contributed by atoms with E-state index in [-0.39, 0.29) is 11.8 Å². The summed E-state index contributed by atoms with van der Waals surface area (Å²) in [5.74, 6) is 2.77. The standard InChI is InChI=1S/C27H43F3O/c1-5-26(31)15-14-25(4)19(16-26)8-9-23-22-11-10-20(21(22)12-13-24(23)25)17(2)6-7-18(3)27(28,29)30/h8,17-18,20-24,31H,5-7,9-16H2,1-4H3/t17-,18?,20?,21?,22?,23?,24?,25?,26+/m1/s1. The number of alkyl halides is 3. The number of hydrogen-bond acceptors (Lipinski definition) is 1. The molecule has 4 heteroatoms. The molecule has 0 amide bonds. The lowest BCUT2D eigenvalue weighted by atomic mass is 9.49. The first-order valence-electron chi connectivity index (χ1n) is 13.0. The molecule has 7 unspecified atom stereocenters. The number of hydrogen-bond donors (Lipinski definition) is 1. The number of allylic oxidation sites excluding steroid dienone is 1. The molecule has 0 aromatic heterocycles. The van der Waals surface area contributed by atoms with E-state index in [0.717, 1.165) is 49.9 Å². The van der Waals surface area contributed by atoms with Crippen LogP contribution in [0.3, 0.4) is 0 Å². The van der Waals surface area contributed by atoms with Crippen molar-refractivity contribution in [1.82, 2.24) is 0 Å². The summed E-state index contributed by atoms with van der Waals surface area (Å²) in [4.78, 5) is 0. The van der Waals surface area contributed by atoms with Crippen LogP contribution in [0.25, 0.3) is 0 Å². The van der Waals surface area contributed by atoms with Gasteiger partial charge >= 0.3 is 6.18 Å². The van der Waals surface area contributed by atoms with E-state index in [1.807, 2.05) is 0 Å². The molecule has 3 fully saturated rings. The first-order valence-corrected chi connectivity index (χ1v) is 13.0. The Kier molecular flexibility index (Phi) is 6.38. The van der Waals surface area contributed by atoms with Crippen LogP contribution in [0.15, 0.2) is 11.6 Å². The molecule has 4 rings (SSSR count). The Morgan fingerprint density at radius 3 is 2.42 bits per heavy atom. The average Bonchev–Trinajstić information content (AvgIpc) is 3.16. The van der Waals surface area contributed by atoms with Gasteiger partial charge in [0.2, 0.25) is 0 Å². The van der Waals surface area contributed by atoms with Gasteiger partial charge in [-0.3, -0.25) is 0 Å². The van der Waals surface area contributed by atoms with E-state index in [1.165, 1.54) is 38.2 Å². The molecule has 1 nitrogen and oxygen atoms in total. The molecular formula is C27H43F3O. The third-order valence-corrected chi connectivity index (χ3v) is 10.6. The molecule has 0 bridgehead atoms. The summed E-state index contributed by atoms with van der Waals surface area (Å²) < 4.78 is 38.9. The lowest BCUT2D eigenvalue weighted by Gasteiger charge is -2.57. The molecule has 0 radical (unpaired) electrons. The van der Waals surface area contributed by atoms with Gasteiger partial charge in [0.25, 0.3) is 0 Å². The first kappa shape index (κ1) is 23.6. The van der Waals surface area contributed by atoms with Crippen LogP contribution in [0.1, 0.15) is 98.3 Å². The number of halogens is 3. The molecule has 178 valence electrons. The van der Waals surface area contributed by atoms with Crippen molar-refractivity contribution in [3.8, 4) is 0 Å². The maximum Gasteiger partial charge on any atom is 0.391 e. The smallest absolute Gasteiger partial charge is 0.390 e. The van der Waals surface area contributed by atoms with Crippen molar-refractivity contribution in [2.45, 2.75) is 110 Å². The Morgan fingerprint density at radius 1 is 1.03 bits per heavy atom. The van der Waals surface area contributed by atoms with Crippen LogP contribution in [0.4, 0.5) is 13.2 Å². The molecule has 3 saturated carbocycles. The molecule has 9 atom stereocenters. The Labute approximate surface area is 187 Å². The van der Waals surface area contributed by atoms with E-state index in [4.69, 9.17) is 0 Å². The van der Waals surface area contributed by atoms with Gasteiger partial charge in [-0.05, 0) is 112 Å². The van der Waals surface area contributed by atoms with E-state index in [1.54, 1.807) is 0 Å². The Bertz CT molecular complexity index is 684. The van der Waals surface area contributed by atoms with Gasteiger partial charge in [-0.2, -0.15) is 13.2 Å². The normalized spacial score (nSPS) is 44.6. The largest absolute Gasteiger partial charge is 0.391 e. The zero-order chi connectivity index (χ0) is 22.6. The molecule has 0 aromatic carbocycles. The van der Waals surface area contributed by atoms with E-state index in [0.29, 0.717) is 24.2 Å². The number of rotatable bonds is 5. The summed E-state index contributed by atoms with van der Waals surface area (Å²) in [5, 5.41) is 10.9. The highest BCUT2D eigenvalue weighted by atomic mass is 19.4. The summed E-state index contributed by atoms with van der Waals surface area (Å²) in [5.41, 5.74) is 1.27. The van der Waals surface area contributed by atoms with Gasteiger partial charge < -0.3 is 5.11 Å². The minimum absolute atomic E-state index is 0.251. The van der Waals surface area contributed by atoms with E-state index < -0.39 is 17.7 Å². The van der Waals surface area contributed by atoms with Gasteiger partial charge in [0.1, 0.15) is 0 Å². The molecular weight excluding hydrogens is 397 g/mol. The highest BCUT2D eigenvalue weighted by Crippen LogP contribution is 2.64. The highest BCUT2D eigenvalue weighted by molar-refractivity contribution is 5.26. The number of fused-ring (bicyclic) bond motifs is 5. The summed E-state index contributed by atoms with van der Waals surface area (Å²) in [6.07, 6.45) is 9.31. The SMILES string of the molecule is CC[C@]1(O)CCC2(C)C(=CCC3C4CCC([C@H](C)CCC(C)C(F)(F)F)C4CCC32)C1. The second kappa shape index (κ2) is 8.37. The summed E-state index contributed by atoms with van der Waals surface area (Å²) in [7, 11) is 0. The third kappa shape index (κ3) is 4.24. The average molecular weight is 441 g/mol. The maximum atomic E-state index is 13.0. The molecule has 4 aliphatic rings. The maximum absolute atomic E-state index is 13.0. The lowest BCUT2D eigenvalue weighted by molar-refractivity contribution is -0.172. The molecule has 0 aromatic rings. The first-order chi connectivity index (χ1) is 14.5. The van der Waals surface area contributed by atoms with Gasteiger partial charge in [0.15, 0.2) is 0 Å². The van der Waals surface area contributed by atoms with E-state index in [9.17, 15) is 18.3 Å². The topological polar surface area (TPSA) is 20.2 Å². The fraction of sp³-hybridized carbons (Fsp3) is 0.926. The van der Waals surface area contributed by atoms with Crippen LogP contribution in [-0.4, -0.2) is 16.9 Å². The van der Waals surface area contributed by atoms with Crippen LogP contribution in [-0.2, 0) is 0 Å². The zero-order valence-electron chi connectivity index (χ0n) is 20.0. The van der Waals surface area contributed by atoms with Crippen molar-refractivity contribution >= 4 is 0 Å². The molecule has 31 heavy (non-hydrogen) atoms. The van der Waals surface area contributed by atoms with Crippen molar-refractivity contribution in [2.24, 2.45) is 46.8 Å². The third-order valence-electron chi connectivity index (χ3n) is 10.6. The van der Waals surface area contributed by atoms with E-state index >= 15 is 0 Å². The Morgan fingerprint density at radius 2 is 1.74 bits per heavy atom. The van der Waals surface area contributed by atoms with Gasteiger partial charge in [-0.1, -0.05) is 39.3 Å². The van der Waals surface area contributed by atoms with Gasteiger partial charge in [-0.15, -0.1) is 0 Å². The lowest BCUT2D eigenvalue weighted by Crippen LogP contribution is -2.50. The van der Waals surface area contributed by atoms with Crippen LogP contribution >= 0.6 is 0 Å². The summed E-state index contributed by atoms with van der Waals surface area (Å²) in [6.45, 7) is 8.13. The van der Waals surface area contributed by atoms with Gasteiger partial charge in [0, 0.05) is 0 Å². The second-order valence-electron chi connectivity index (χ2n) is 12.1. The predicted octanol–water partition coefficient (Wildman–Crippen LogP) is 7.93. The fourth-order valence-electron chi connectivity index (χ4n) is 8.31. The molecule has 0 aliphatic heterocycles.